The summed E-state index contributed by atoms with van der Waals surface area (Å²) in [6.07, 6.45) is 1.50. The molecule has 1 aromatic rings. The van der Waals surface area contributed by atoms with E-state index in [9.17, 15) is 5.26 Å². The monoisotopic (exact) mass is 342 g/mol. The second-order valence-corrected chi connectivity index (χ2v) is 7.36. The molecule has 1 N–H and O–H groups in total. The van der Waals surface area contributed by atoms with Crippen molar-refractivity contribution in [2.75, 3.05) is 18.5 Å². The van der Waals surface area contributed by atoms with E-state index in [0.717, 1.165) is 29.9 Å². The molecule has 0 aliphatic carbocycles. The molecule has 24 heavy (non-hydrogen) atoms. The van der Waals surface area contributed by atoms with Gasteiger partial charge in [-0.3, -0.25) is 0 Å². The molecule has 2 aliphatic rings. The Morgan fingerprint density at radius 2 is 2.17 bits per heavy atom. The van der Waals surface area contributed by atoms with Gasteiger partial charge in [0.1, 0.15) is 17.9 Å². The third-order valence-corrected chi connectivity index (χ3v) is 5.06. The van der Waals surface area contributed by atoms with Crippen molar-refractivity contribution in [3.8, 4) is 6.07 Å². The molecule has 1 unspecified atom stereocenters. The maximum Gasteiger partial charge on any atom is 0.198 e. The van der Waals surface area contributed by atoms with Gasteiger partial charge in [0.2, 0.25) is 0 Å². The Bertz CT molecular complexity index is 737. The molecule has 2 aliphatic heterocycles. The number of aliphatic imine (C=N–C) groups is 1. The van der Waals surface area contributed by atoms with Crippen LogP contribution in [0.25, 0.3) is 0 Å². The van der Waals surface area contributed by atoms with Crippen LogP contribution in [0.15, 0.2) is 29.3 Å². The van der Waals surface area contributed by atoms with Crippen LogP contribution in [0, 0.1) is 18.3 Å². The Labute approximate surface area is 148 Å². The van der Waals surface area contributed by atoms with Crippen molar-refractivity contribution in [3.63, 3.8) is 0 Å². The van der Waals surface area contributed by atoms with Gasteiger partial charge >= 0.3 is 0 Å². The van der Waals surface area contributed by atoms with Crippen LogP contribution >= 0.6 is 12.2 Å². The molecule has 0 radical (unpaired) electrons. The van der Waals surface area contributed by atoms with Gasteiger partial charge in [0, 0.05) is 25.1 Å². The number of nitrogens with zero attached hydrogens (tertiary/aromatic N) is 3. The van der Waals surface area contributed by atoms with Crippen LogP contribution in [0.5, 0.6) is 0 Å². The Hall–Kier alpha value is -1.97. The third-order valence-electron chi connectivity index (χ3n) is 4.75. The predicted molar refractivity (Wildman–Crippen MR) is 99.1 cm³/mol. The van der Waals surface area contributed by atoms with Crippen molar-refractivity contribution in [2.24, 2.45) is 4.99 Å². The number of nitrogens with one attached hydrogen (secondary N) is 1. The summed E-state index contributed by atoms with van der Waals surface area (Å²) < 4.78 is 5.90. The number of aryl methyl sites for hydroxylation is 1. The van der Waals surface area contributed by atoms with Gasteiger partial charge in [-0.05, 0) is 44.6 Å². The van der Waals surface area contributed by atoms with E-state index in [1.54, 1.807) is 0 Å². The number of rotatable bonds is 2. The van der Waals surface area contributed by atoms with Crippen molar-refractivity contribution in [2.45, 2.75) is 44.8 Å². The summed E-state index contributed by atoms with van der Waals surface area (Å²) in [6.45, 7) is 7.06. The smallest absolute Gasteiger partial charge is 0.198 e. The number of benzene rings is 1. The molecule has 1 atom stereocenters. The molecule has 1 saturated heterocycles. The van der Waals surface area contributed by atoms with E-state index in [2.05, 4.69) is 43.2 Å². The molecule has 0 amide bonds. The van der Waals surface area contributed by atoms with Crippen molar-refractivity contribution in [3.05, 3.63) is 29.8 Å². The lowest BCUT2D eigenvalue weighted by Gasteiger charge is -2.47. The standard InChI is InChI=1S/C18H22N4OS/c1-13-6-4-5-7-14(13)20-15-18(8-11-23-17(2,3)12-18)22(10-9-19)16(24)21-15/h4-7H,8,10-12H2,1-3H3,(H,20,21,24). The first-order valence-electron chi connectivity index (χ1n) is 8.12. The van der Waals surface area contributed by atoms with E-state index in [1.807, 2.05) is 23.1 Å². The molecule has 3 rings (SSSR count). The SMILES string of the molecule is Cc1ccccc1NC1=NC(=S)N(CC#N)C12CCOC(C)(C)C2. The van der Waals surface area contributed by atoms with Gasteiger partial charge in [-0.25, -0.2) is 4.99 Å². The summed E-state index contributed by atoms with van der Waals surface area (Å²) in [5.41, 5.74) is 1.46. The van der Waals surface area contributed by atoms with E-state index in [-0.39, 0.29) is 12.1 Å². The Morgan fingerprint density at radius 1 is 1.42 bits per heavy atom. The fraction of sp³-hybridized carbons (Fsp3) is 0.500. The number of hydrogen-bond acceptors (Lipinski definition) is 4. The highest BCUT2D eigenvalue weighted by atomic mass is 32.1. The van der Waals surface area contributed by atoms with Crippen LogP contribution < -0.4 is 5.32 Å². The van der Waals surface area contributed by atoms with Crippen LogP contribution in [-0.2, 0) is 4.74 Å². The largest absolute Gasteiger partial charge is 0.375 e. The minimum atomic E-state index is -0.406. The summed E-state index contributed by atoms with van der Waals surface area (Å²) in [5, 5.41) is 13.2. The number of ether oxygens (including phenoxy) is 1. The molecular formula is C18H22N4OS. The van der Waals surface area contributed by atoms with Crippen molar-refractivity contribution < 1.29 is 4.74 Å². The number of nitriles is 1. The summed E-state index contributed by atoms with van der Waals surface area (Å²) >= 11 is 5.47. The summed E-state index contributed by atoms with van der Waals surface area (Å²) in [4.78, 5) is 6.58. The zero-order valence-electron chi connectivity index (χ0n) is 14.3. The van der Waals surface area contributed by atoms with Gasteiger partial charge in [0.25, 0.3) is 0 Å². The number of para-hydroxylation sites is 1. The first-order valence-corrected chi connectivity index (χ1v) is 8.53. The quantitative estimate of drug-likeness (QED) is 0.660. The minimum Gasteiger partial charge on any atom is -0.375 e. The van der Waals surface area contributed by atoms with E-state index in [4.69, 9.17) is 17.0 Å². The lowest BCUT2D eigenvalue weighted by atomic mass is 9.79. The zero-order chi connectivity index (χ0) is 17.4. The summed E-state index contributed by atoms with van der Waals surface area (Å²) in [7, 11) is 0. The molecule has 126 valence electrons. The van der Waals surface area contributed by atoms with Gasteiger partial charge < -0.3 is 15.0 Å². The lowest BCUT2D eigenvalue weighted by molar-refractivity contribution is -0.0857. The number of hydrogen-bond donors (Lipinski definition) is 1. The van der Waals surface area contributed by atoms with Crippen molar-refractivity contribution in [1.82, 2.24) is 4.90 Å². The van der Waals surface area contributed by atoms with Crippen LogP contribution in [0.4, 0.5) is 5.69 Å². The third kappa shape index (κ3) is 2.90. The van der Waals surface area contributed by atoms with Crippen molar-refractivity contribution >= 4 is 28.9 Å². The first kappa shape index (κ1) is 16.9. The number of thiocarbonyl (C=S) groups is 1. The fourth-order valence-electron chi connectivity index (χ4n) is 3.62. The second kappa shape index (κ2) is 6.15. The molecule has 6 heteroatoms. The molecule has 0 bridgehead atoms. The highest BCUT2D eigenvalue weighted by Crippen LogP contribution is 2.41. The average Bonchev–Trinajstić information content (AvgIpc) is 2.74. The summed E-state index contributed by atoms with van der Waals surface area (Å²) in [5.74, 6) is 0.827. The van der Waals surface area contributed by atoms with E-state index in [0.29, 0.717) is 11.7 Å². The van der Waals surface area contributed by atoms with E-state index < -0.39 is 5.54 Å². The van der Waals surface area contributed by atoms with Gasteiger partial charge in [-0.2, -0.15) is 5.26 Å². The molecule has 5 nitrogen and oxygen atoms in total. The Kier molecular flexibility index (Phi) is 4.33. The van der Waals surface area contributed by atoms with E-state index >= 15 is 0 Å². The van der Waals surface area contributed by atoms with Crippen LogP contribution in [0.3, 0.4) is 0 Å². The molecule has 0 aromatic heterocycles. The Morgan fingerprint density at radius 3 is 2.83 bits per heavy atom. The van der Waals surface area contributed by atoms with Gasteiger partial charge in [0.15, 0.2) is 5.11 Å². The number of anilines is 1. The number of amidine groups is 1. The molecule has 1 fully saturated rings. The van der Waals surface area contributed by atoms with E-state index in [1.165, 1.54) is 0 Å². The normalized spacial score (nSPS) is 25.5. The second-order valence-electron chi connectivity index (χ2n) is 6.99. The molecule has 2 heterocycles. The lowest BCUT2D eigenvalue weighted by Crippen LogP contribution is -2.60. The Balaban J connectivity index is 2.00. The molecule has 0 saturated carbocycles. The van der Waals surface area contributed by atoms with Crippen LogP contribution in [0.1, 0.15) is 32.3 Å². The first-order chi connectivity index (χ1) is 11.4. The topological polar surface area (TPSA) is 60.7 Å². The maximum atomic E-state index is 9.25. The van der Waals surface area contributed by atoms with Gasteiger partial charge in [-0.15, -0.1) is 0 Å². The van der Waals surface area contributed by atoms with Gasteiger partial charge in [-0.1, -0.05) is 18.2 Å². The summed E-state index contributed by atoms with van der Waals surface area (Å²) in [6, 6.07) is 10.3. The van der Waals surface area contributed by atoms with Gasteiger partial charge in [0.05, 0.1) is 11.7 Å². The maximum absolute atomic E-state index is 9.25. The van der Waals surface area contributed by atoms with Crippen LogP contribution in [-0.4, -0.2) is 40.1 Å². The minimum absolute atomic E-state index is 0.233. The highest BCUT2D eigenvalue weighted by Gasteiger charge is 2.53. The molecular weight excluding hydrogens is 320 g/mol. The average molecular weight is 342 g/mol. The zero-order valence-corrected chi connectivity index (χ0v) is 15.1. The molecule has 1 aromatic carbocycles. The highest BCUT2D eigenvalue weighted by molar-refractivity contribution is 7.80. The van der Waals surface area contributed by atoms with Crippen molar-refractivity contribution in [1.29, 1.82) is 5.26 Å². The fourth-order valence-corrected chi connectivity index (χ4v) is 3.95. The van der Waals surface area contributed by atoms with Crippen LogP contribution in [0.2, 0.25) is 0 Å². The predicted octanol–water partition coefficient (Wildman–Crippen LogP) is 3.26. The molecule has 1 spiro atoms.